The molecule has 0 aliphatic carbocycles. The molecule has 1 aromatic rings. The molecule has 108 valence electrons. The highest BCUT2D eigenvalue weighted by atomic mass is 35.5. The topological polar surface area (TPSA) is 21.3 Å². The fraction of sp³-hybridized carbons (Fsp3) is 0.600. The van der Waals surface area contributed by atoms with E-state index in [1.165, 1.54) is 12.8 Å². The molecule has 0 aliphatic rings. The van der Waals surface area contributed by atoms with Gasteiger partial charge >= 0.3 is 0 Å². The number of alkyl halides is 1. The Hall–Kier alpha value is -0.440. The van der Waals surface area contributed by atoms with E-state index in [2.05, 4.69) is 12.2 Å². The molecular formula is C15H23Cl2NO. The summed E-state index contributed by atoms with van der Waals surface area (Å²) in [6, 6.07) is 5.70. The minimum absolute atomic E-state index is 0.646. The molecule has 0 spiro atoms. The van der Waals surface area contributed by atoms with Crippen molar-refractivity contribution in [3.63, 3.8) is 0 Å². The van der Waals surface area contributed by atoms with Crippen LogP contribution >= 0.6 is 23.2 Å². The van der Waals surface area contributed by atoms with Crippen LogP contribution in [0.2, 0.25) is 5.02 Å². The minimum atomic E-state index is 0.646. The monoisotopic (exact) mass is 303 g/mol. The van der Waals surface area contributed by atoms with Crippen LogP contribution in [0.4, 0.5) is 0 Å². The molecule has 0 radical (unpaired) electrons. The van der Waals surface area contributed by atoms with Gasteiger partial charge in [-0.05, 0) is 43.5 Å². The van der Waals surface area contributed by atoms with Gasteiger partial charge in [-0.3, -0.25) is 0 Å². The number of nitrogens with one attached hydrogen (secondary N) is 1. The molecule has 2 nitrogen and oxygen atoms in total. The smallest absolute Gasteiger partial charge is 0.123 e. The number of benzene rings is 1. The number of halogens is 2. The van der Waals surface area contributed by atoms with Crippen LogP contribution in [-0.2, 0) is 6.54 Å². The summed E-state index contributed by atoms with van der Waals surface area (Å²) in [7, 11) is 1.68. The van der Waals surface area contributed by atoms with Gasteiger partial charge in [-0.2, -0.15) is 0 Å². The summed E-state index contributed by atoms with van der Waals surface area (Å²) in [5, 5.41) is 4.22. The van der Waals surface area contributed by atoms with Gasteiger partial charge in [-0.15, -0.1) is 11.6 Å². The SMILES string of the molecule is CCCC(CCCl)CNCc1cc(Cl)ccc1OC. The zero-order valence-corrected chi connectivity index (χ0v) is 13.2. The van der Waals surface area contributed by atoms with Crippen molar-refractivity contribution in [1.29, 1.82) is 0 Å². The lowest BCUT2D eigenvalue weighted by Gasteiger charge is -2.16. The highest BCUT2D eigenvalue weighted by molar-refractivity contribution is 6.30. The Balaban J connectivity index is 2.49. The van der Waals surface area contributed by atoms with Crippen LogP contribution in [0.1, 0.15) is 31.7 Å². The number of methoxy groups -OCH3 is 1. The summed E-state index contributed by atoms with van der Waals surface area (Å²) in [5.41, 5.74) is 1.09. The van der Waals surface area contributed by atoms with Crippen LogP contribution < -0.4 is 10.1 Å². The summed E-state index contributed by atoms with van der Waals surface area (Å²) in [4.78, 5) is 0. The molecule has 0 saturated heterocycles. The average Bonchev–Trinajstić information content (AvgIpc) is 2.39. The highest BCUT2D eigenvalue weighted by Gasteiger charge is 2.08. The van der Waals surface area contributed by atoms with Gasteiger partial charge in [-0.1, -0.05) is 24.9 Å². The Morgan fingerprint density at radius 3 is 2.74 bits per heavy atom. The first-order chi connectivity index (χ1) is 9.21. The van der Waals surface area contributed by atoms with Gasteiger partial charge in [0.15, 0.2) is 0 Å². The molecule has 1 unspecified atom stereocenters. The molecule has 0 aliphatic heterocycles. The highest BCUT2D eigenvalue weighted by Crippen LogP contribution is 2.22. The molecule has 19 heavy (non-hydrogen) atoms. The fourth-order valence-corrected chi connectivity index (χ4v) is 2.71. The predicted molar refractivity (Wildman–Crippen MR) is 83.4 cm³/mol. The Morgan fingerprint density at radius 2 is 2.11 bits per heavy atom. The Morgan fingerprint density at radius 1 is 1.32 bits per heavy atom. The minimum Gasteiger partial charge on any atom is -0.496 e. The van der Waals surface area contributed by atoms with E-state index >= 15 is 0 Å². The van der Waals surface area contributed by atoms with E-state index in [1.807, 2.05) is 18.2 Å². The summed E-state index contributed by atoms with van der Waals surface area (Å²) in [5.74, 6) is 2.25. The average molecular weight is 304 g/mol. The molecule has 0 saturated carbocycles. The Kier molecular flexibility index (Phi) is 8.27. The van der Waals surface area contributed by atoms with Crippen LogP contribution in [0.3, 0.4) is 0 Å². The van der Waals surface area contributed by atoms with E-state index in [0.29, 0.717) is 5.92 Å². The van der Waals surface area contributed by atoms with E-state index in [9.17, 15) is 0 Å². The van der Waals surface area contributed by atoms with Crippen molar-refractivity contribution in [2.75, 3.05) is 19.5 Å². The summed E-state index contributed by atoms with van der Waals surface area (Å²) >= 11 is 11.8. The van der Waals surface area contributed by atoms with E-state index in [1.54, 1.807) is 7.11 Å². The number of ether oxygens (including phenoxy) is 1. The summed E-state index contributed by atoms with van der Waals surface area (Å²) in [6.07, 6.45) is 3.48. The van der Waals surface area contributed by atoms with E-state index in [4.69, 9.17) is 27.9 Å². The molecule has 4 heteroatoms. The third-order valence-electron chi connectivity index (χ3n) is 3.21. The largest absolute Gasteiger partial charge is 0.496 e. The lowest BCUT2D eigenvalue weighted by molar-refractivity contribution is 0.400. The van der Waals surface area contributed by atoms with E-state index in [-0.39, 0.29) is 0 Å². The van der Waals surface area contributed by atoms with Crippen molar-refractivity contribution in [1.82, 2.24) is 5.32 Å². The fourth-order valence-electron chi connectivity index (χ4n) is 2.21. The molecule has 0 aromatic heterocycles. The maximum absolute atomic E-state index is 6.01. The van der Waals surface area contributed by atoms with Gasteiger partial charge in [0, 0.05) is 23.0 Å². The third-order valence-corrected chi connectivity index (χ3v) is 3.66. The lowest BCUT2D eigenvalue weighted by Crippen LogP contribution is -2.23. The zero-order valence-electron chi connectivity index (χ0n) is 11.7. The number of rotatable bonds is 9. The summed E-state index contributed by atoms with van der Waals surface area (Å²) < 4.78 is 5.33. The standard InChI is InChI=1S/C15H23Cl2NO/c1-3-4-12(7-8-16)10-18-11-13-9-14(17)5-6-15(13)19-2/h5-6,9,12,18H,3-4,7-8,10-11H2,1-2H3. The van der Waals surface area contributed by atoms with Crippen LogP contribution in [0, 0.1) is 5.92 Å². The van der Waals surface area contributed by atoms with Gasteiger partial charge in [0.05, 0.1) is 7.11 Å². The van der Waals surface area contributed by atoms with Gasteiger partial charge in [-0.25, -0.2) is 0 Å². The van der Waals surface area contributed by atoms with Crippen LogP contribution in [0.5, 0.6) is 5.75 Å². The lowest BCUT2D eigenvalue weighted by atomic mass is 10.0. The maximum Gasteiger partial charge on any atom is 0.123 e. The van der Waals surface area contributed by atoms with Crippen molar-refractivity contribution < 1.29 is 4.74 Å². The van der Waals surface area contributed by atoms with Crippen LogP contribution in [0.25, 0.3) is 0 Å². The predicted octanol–water partition coefficient (Wildman–Crippen LogP) is 4.48. The second-order valence-electron chi connectivity index (χ2n) is 4.72. The Bertz CT molecular complexity index is 365. The van der Waals surface area contributed by atoms with Gasteiger partial charge < -0.3 is 10.1 Å². The quantitative estimate of drug-likeness (QED) is 0.679. The van der Waals surface area contributed by atoms with Gasteiger partial charge in [0.25, 0.3) is 0 Å². The molecule has 0 amide bonds. The molecule has 0 fully saturated rings. The molecule has 0 bridgehead atoms. The van der Waals surface area contributed by atoms with Gasteiger partial charge in [0.1, 0.15) is 5.75 Å². The van der Waals surface area contributed by atoms with Crippen molar-refractivity contribution in [2.45, 2.75) is 32.7 Å². The molecule has 0 heterocycles. The van der Waals surface area contributed by atoms with Gasteiger partial charge in [0.2, 0.25) is 0 Å². The van der Waals surface area contributed by atoms with Crippen molar-refractivity contribution in [3.05, 3.63) is 28.8 Å². The molecular weight excluding hydrogens is 281 g/mol. The second-order valence-corrected chi connectivity index (χ2v) is 5.53. The third kappa shape index (κ3) is 6.03. The Labute approximate surface area is 126 Å². The number of hydrogen-bond donors (Lipinski definition) is 1. The molecule has 1 N–H and O–H groups in total. The van der Waals surface area contributed by atoms with E-state index in [0.717, 1.165) is 41.7 Å². The first-order valence-corrected chi connectivity index (χ1v) is 7.71. The van der Waals surface area contributed by atoms with Crippen LogP contribution in [-0.4, -0.2) is 19.5 Å². The van der Waals surface area contributed by atoms with Crippen LogP contribution in [0.15, 0.2) is 18.2 Å². The molecule has 1 atom stereocenters. The maximum atomic E-state index is 6.01. The summed E-state index contributed by atoms with van der Waals surface area (Å²) in [6.45, 7) is 3.96. The van der Waals surface area contributed by atoms with Crippen molar-refractivity contribution in [3.8, 4) is 5.75 Å². The molecule has 1 aromatic carbocycles. The second kappa shape index (κ2) is 9.46. The first kappa shape index (κ1) is 16.6. The first-order valence-electron chi connectivity index (χ1n) is 6.80. The molecule has 1 rings (SSSR count). The van der Waals surface area contributed by atoms with E-state index < -0.39 is 0 Å². The zero-order chi connectivity index (χ0) is 14.1. The van der Waals surface area contributed by atoms with Crippen molar-refractivity contribution >= 4 is 23.2 Å². The normalized spacial score (nSPS) is 12.4. The number of hydrogen-bond acceptors (Lipinski definition) is 2. The van der Waals surface area contributed by atoms with Crippen molar-refractivity contribution in [2.24, 2.45) is 5.92 Å².